The second-order valence-electron chi connectivity index (χ2n) is 9.82. The summed E-state index contributed by atoms with van der Waals surface area (Å²) >= 11 is 0. The standard InChI is InChI=1S/C35H26N4O2.Pd/c1-23-35(25-10-5-4-6-11-25)24(2)39(37-23)26-12-9-13-28(20-26)41-29-16-17-31-30-14-7-8-15-32(30)38(33(31)21-29)34-22-27(40-3)18-19-36-34;/h4-19,22H,1-3H3;/q-2;+2. The molecule has 0 aliphatic heterocycles. The van der Waals surface area contributed by atoms with Gasteiger partial charge in [0.15, 0.2) is 0 Å². The number of hydrogen-bond acceptors (Lipinski definition) is 4. The summed E-state index contributed by atoms with van der Waals surface area (Å²) in [5.41, 5.74) is 6.99. The number of aryl methyl sites for hydroxylation is 1. The number of methoxy groups -OCH3 is 1. The van der Waals surface area contributed by atoms with Gasteiger partial charge in [-0.3, -0.25) is 4.68 Å². The summed E-state index contributed by atoms with van der Waals surface area (Å²) in [6.07, 6.45) is 1.75. The van der Waals surface area contributed by atoms with Crippen molar-refractivity contribution >= 4 is 21.8 Å². The van der Waals surface area contributed by atoms with Crippen LogP contribution in [0.4, 0.5) is 0 Å². The molecule has 7 rings (SSSR count). The number of para-hydroxylation sites is 1. The molecule has 4 aromatic carbocycles. The van der Waals surface area contributed by atoms with E-state index in [1.165, 1.54) is 0 Å². The Balaban J connectivity index is 0.00000316. The van der Waals surface area contributed by atoms with Crippen molar-refractivity contribution in [1.82, 2.24) is 19.3 Å². The van der Waals surface area contributed by atoms with Crippen molar-refractivity contribution < 1.29 is 29.9 Å². The monoisotopic (exact) mass is 640 g/mol. The van der Waals surface area contributed by atoms with Gasteiger partial charge in [-0.25, -0.2) is 4.98 Å². The Hall–Kier alpha value is -4.70. The first-order valence-corrected chi connectivity index (χ1v) is 13.4. The van der Waals surface area contributed by atoms with Crippen LogP contribution >= 0.6 is 0 Å². The molecule has 0 aliphatic rings. The van der Waals surface area contributed by atoms with Gasteiger partial charge in [0.05, 0.1) is 12.8 Å². The number of rotatable bonds is 6. The molecule has 3 aromatic heterocycles. The van der Waals surface area contributed by atoms with Crippen LogP contribution in [0.1, 0.15) is 11.4 Å². The third-order valence-electron chi connectivity index (χ3n) is 7.29. The number of benzene rings is 4. The Morgan fingerprint density at radius 2 is 1.55 bits per heavy atom. The number of fused-ring (bicyclic) bond motifs is 3. The van der Waals surface area contributed by atoms with E-state index in [0.717, 1.165) is 61.6 Å². The Bertz CT molecular complexity index is 2050. The zero-order valence-corrected chi connectivity index (χ0v) is 24.8. The SMILES string of the molecule is COc1ccnc(-n2c3[c-]c(Oc4[c-]c(-n5nc(C)c(-c6ccccc6)c5C)ccc4)ccc3c3ccccc32)c1.[Pd+2]. The van der Waals surface area contributed by atoms with E-state index in [1.807, 2.05) is 78.3 Å². The second kappa shape index (κ2) is 11.3. The summed E-state index contributed by atoms with van der Waals surface area (Å²) in [6.45, 7) is 4.11. The molecule has 0 N–H and O–H groups in total. The number of hydrogen-bond donors (Lipinski definition) is 0. The molecule has 0 atom stereocenters. The molecule has 7 heteroatoms. The quantitative estimate of drug-likeness (QED) is 0.136. The number of nitrogens with zero attached hydrogens (tertiary/aromatic N) is 4. The van der Waals surface area contributed by atoms with Crippen molar-refractivity contribution in [3.8, 4) is 39.9 Å². The molecule has 42 heavy (non-hydrogen) atoms. The smallest absolute Gasteiger partial charge is 0.509 e. The van der Waals surface area contributed by atoms with Gasteiger partial charge in [0.25, 0.3) is 0 Å². The van der Waals surface area contributed by atoms with Crippen molar-refractivity contribution in [3.05, 3.63) is 127 Å². The average Bonchev–Trinajstić information content (AvgIpc) is 3.50. The molecule has 0 bridgehead atoms. The Labute approximate surface area is 257 Å². The van der Waals surface area contributed by atoms with Crippen molar-refractivity contribution in [2.45, 2.75) is 13.8 Å². The minimum Gasteiger partial charge on any atom is -0.509 e. The van der Waals surface area contributed by atoms with Crippen LogP contribution in [-0.2, 0) is 20.4 Å². The predicted molar refractivity (Wildman–Crippen MR) is 161 cm³/mol. The zero-order valence-electron chi connectivity index (χ0n) is 23.2. The molecule has 0 spiro atoms. The van der Waals surface area contributed by atoms with Gasteiger partial charge in [-0.05, 0) is 42.6 Å². The van der Waals surface area contributed by atoms with E-state index in [1.54, 1.807) is 13.3 Å². The first-order valence-electron chi connectivity index (χ1n) is 13.4. The van der Waals surface area contributed by atoms with E-state index < -0.39 is 0 Å². The summed E-state index contributed by atoms with van der Waals surface area (Å²) in [7, 11) is 1.65. The van der Waals surface area contributed by atoms with Gasteiger partial charge in [0.2, 0.25) is 0 Å². The molecule has 0 radical (unpaired) electrons. The molecule has 3 heterocycles. The number of ether oxygens (including phenoxy) is 2. The molecule has 7 aromatic rings. The van der Waals surface area contributed by atoms with Gasteiger partial charge in [-0.2, -0.15) is 17.2 Å². The van der Waals surface area contributed by atoms with Crippen LogP contribution in [0.2, 0.25) is 0 Å². The van der Waals surface area contributed by atoms with Crippen LogP contribution in [0.25, 0.3) is 44.4 Å². The molecular weight excluding hydrogens is 615 g/mol. The predicted octanol–water partition coefficient (Wildman–Crippen LogP) is 8.05. The maximum atomic E-state index is 6.33. The fraction of sp³-hybridized carbons (Fsp3) is 0.0857. The maximum absolute atomic E-state index is 6.33. The Morgan fingerprint density at radius 3 is 2.38 bits per heavy atom. The molecular formula is C35H26N4O2Pd. The minimum atomic E-state index is 0. The maximum Gasteiger partial charge on any atom is 2.00 e. The van der Waals surface area contributed by atoms with E-state index in [0.29, 0.717) is 11.5 Å². The summed E-state index contributed by atoms with van der Waals surface area (Å²) in [5, 5.41) is 7.01. The third kappa shape index (κ3) is 4.77. The van der Waals surface area contributed by atoms with Crippen molar-refractivity contribution in [2.24, 2.45) is 0 Å². The Kier molecular flexibility index (Phi) is 7.38. The largest absolute Gasteiger partial charge is 2.00 e. The minimum absolute atomic E-state index is 0. The van der Waals surface area contributed by atoms with Crippen LogP contribution in [0, 0.1) is 26.0 Å². The van der Waals surface area contributed by atoms with Gasteiger partial charge in [0.1, 0.15) is 11.6 Å². The van der Waals surface area contributed by atoms with Crippen LogP contribution in [-0.4, -0.2) is 26.4 Å². The topological polar surface area (TPSA) is 54.1 Å². The second-order valence-corrected chi connectivity index (χ2v) is 9.82. The van der Waals surface area contributed by atoms with Crippen molar-refractivity contribution in [3.63, 3.8) is 0 Å². The molecule has 0 fully saturated rings. The van der Waals surface area contributed by atoms with Crippen molar-refractivity contribution in [2.75, 3.05) is 7.11 Å². The number of pyridine rings is 1. The Morgan fingerprint density at radius 1 is 0.762 bits per heavy atom. The van der Waals surface area contributed by atoms with Crippen molar-refractivity contribution in [1.29, 1.82) is 0 Å². The molecule has 0 amide bonds. The molecule has 0 saturated carbocycles. The first kappa shape index (κ1) is 27.5. The average molecular weight is 641 g/mol. The van der Waals surface area contributed by atoms with Crippen LogP contribution < -0.4 is 9.47 Å². The van der Waals surface area contributed by atoms with Gasteiger partial charge in [-0.1, -0.05) is 54.0 Å². The first-order chi connectivity index (χ1) is 20.1. The fourth-order valence-electron chi connectivity index (χ4n) is 5.46. The molecule has 6 nitrogen and oxygen atoms in total. The van der Waals surface area contributed by atoms with E-state index in [2.05, 4.69) is 58.9 Å². The van der Waals surface area contributed by atoms with Gasteiger partial charge >= 0.3 is 20.4 Å². The van der Waals surface area contributed by atoms with E-state index >= 15 is 0 Å². The molecule has 0 unspecified atom stereocenters. The summed E-state index contributed by atoms with van der Waals surface area (Å²) < 4.78 is 15.8. The zero-order chi connectivity index (χ0) is 27.9. The van der Waals surface area contributed by atoms with Crippen LogP contribution in [0.15, 0.2) is 103 Å². The van der Waals surface area contributed by atoms with Gasteiger partial charge < -0.3 is 14.0 Å². The van der Waals surface area contributed by atoms with Crippen LogP contribution in [0.3, 0.4) is 0 Å². The summed E-state index contributed by atoms with van der Waals surface area (Å²) in [5.74, 6) is 2.64. The van der Waals surface area contributed by atoms with E-state index in [4.69, 9.17) is 14.6 Å². The number of aromatic nitrogens is 4. The van der Waals surface area contributed by atoms with Crippen LogP contribution in [0.5, 0.6) is 17.2 Å². The molecule has 208 valence electrons. The third-order valence-corrected chi connectivity index (χ3v) is 7.29. The molecule has 0 aliphatic carbocycles. The normalized spacial score (nSPS) is 11.0. The summed E-state index contributed by atoms with van der Waals surface area (Å²) in [6, 6.07) is 39.1. The van der Waals surface area contributed by atoms with Gasteiger partial charge in [-0.15, -0.1) is 35.7 Å². The fourth-order valence-corrected chi connectivity index (χ4v) is 5.46. The van der Waals surface area contributed by atoms with E-state index in [9.17, 15) is 0 Å². The molecule has 0 saturated heterocycles. The van der Waals surface area contributed by atoms with Gasteiger partial charge in [0, 0.05) is 40.5 Å². The van der Waals surface area contributed by atoms with E-state index in [-0.39, 0.29) is 20.4 Å². The summed E-state index contributed by atoms with van der Waals surface area (Å²) in [4.78, 5) is 4.63.